The van der Waals surface area contributed by atoms with Crippen molar-refractivity contribution < 1.29 is 13.2 Å². The van der Waals surface area contributed by atoms with Crippen LogP contribution in [-0.2, 0) is 14.8 Å². The number of rotatable bonds is 8. The van der Waals surface area contributed by atoms with Gasteiger partial charge in [0.15, 0.2) is 0 Å². The van der Waals surface area contributed by atoms with E-state index in [1.165, 1.54) is 0 Å². The summed E-state index contributed by atoms with van der Waals surface area (Å²) in [5.74, 6) is -0.164. The molecule has 0 fully saturated rings. The highest BCUT2D eigenvalue weighted by Crippen LogP contribution is 2.12. The van der Waals surface area contributed by atoms with Gasteiger partial charge < -0.3 is 10.6 Å². The minimum Gasteiger partial charge on any atom is -0.325 e. The summed E-state index contributed by atoms with van der Waals surface area (Å²) in [6.07, 6.45) is 1.72. The van der Waals surface area contributed by atoms with E-state index in [9.17, 15) is 13.2 Å². The SMILES string of the molecule is CS(=O)(=O)NCCCNCC(=O)Nc1ccc(Cl)cc1. The van der Waals surface area contributed by atoms with Crippen LogP contribution >= 0.6 is 11.6 Å². The molecule has 3 N–H and O–H groups in total. The molecule has 0 spiro atoms. The van der Waals surface area contributed by atoms with E-state index in [0.717, 1.165) is 6.26 Å². The number of amides is 1. The number of halogens is 1. The molecule has 0 unspecified atom stereocenters. The third kappa shape index (κ3) is 8.11. The summed E-state index contributed by atoms with van der Waals surface area (Å²) in [6.45, 7) is 1.07. The van der Waals surface area contributed by atoms with Crippen molar-refractivity contribution >= 4 is 33.2 Å². The average molecular weight is 320 g/mol. The van der Waals surface area contributed by atoms with Gasteiger partial charge in [-0.1, -0.05) is 11.6 Å². The Morgan fingerprint density at radius 1 is 1.20 bits per heavy atom. The normalized spacial score (nSPS) is 11.3. The zero-order chi connectivity index (χ0) is 15.0. The number of nitrogens with one attached hydrogen (secondary N) is 3. The second-order valence-corrected chi connectivity index (χ2v) is 6.52. The molecule has 0 atom stereocenters. The van der Waals surface area contributed by atoms with Crippen LogP contribution < -0.4 is 15.4 Å². The van der Waals surface area contributed by atoms with Gasteiger partial charge in [-0.2, -0.15) is 0 Å². The van der Waals surface area contributed by atoms with Crippen LogP contribution in [0.15, 0.2) is 24.3 Å². The minimum absolute atomic E-state index is 0.164. The molecule has 0 aromatic heterocycles. The smallest absolute Gasteiger partial charge is 0.238 e. The molecule has 6 nitrogen and oxygen atoms in total. The molecule has 0 bridgehead atoms. The Balaban J connectivity index is 2.13. The van der Waals surface area contributed by atoms with Crippen molar-refractivity contribution in [3.05, 3.63) is 29.3 Å². The van der Waals surface area contributed by atoms with Crippen LogP contribution in [-0.4, -0.2) is 40.2 Å². The van der Waals surface area contributed by atoms with Gasteiger partial charge in [0.1, 0.15) is 0 Å². The molecule has 112 valence electrons. The van der Waals surface area contributed by atoms with Crippen molar-refractivity contribution in [2.75, 3.05) is 31.2 Å². The van der Waals surface area contributed by atoms with Crippen LogP contribution in [0.5, 0.6) is 0 Å². The number of hydrogen-bond acceptors (Lipinski definition) is 4. The largest absolute Gasteiger partial charge is 0.325 e. The predicted octanol–water partition coefficient (Wildman–Crippen LogP) is 0.807. The van der Waals surface area contributed by atoms with E-state index in [1.54, 1.807) is 24.3 Å². The van der Waals surface area contributed by atoms with Crippen LogP contribution in [0.3, 0.4) is 0 Å². The van der Waals surface area contributed by atoms with Crippen molar-refractivity contribution in [3.8, 4) is 0 Å². The van der Waals surface area contributed by atoms with Crippen molar-refractivity contribution in [1.29, 1.82) is 0 Å². The maximum Gasteiger partial charge on any atom is 0.238 e. The fraction of sp³-hybridized carbons (Fsp3) is 0.417. The predicted molar refractivity (Wildman–Crippen MR) is 80.4 cm³/mol. The Bertz CT molecular complexity index is 531. The molecule has 1 aromatic rings. The lowest BCUT2D eigenvalue weighted by molar-refractivity contribution is -0.115. The molecule has 8 heteroatoms. The molecule has 1 aromatic carbocycles. The highest BCUT2D eigenvalue weighted by atomic mass is 35.5. The molecule has 0 aliphatic rings. The Hall–Kier alpha value is -1.15. The summed E-state index contributed by atoms with van der Waals surface area (Å²) >= 11 is 5.74. The van der Waals surface area contributed by atoms with Crippen LogP contribution in [0.2, 0.25) is 5.02 Å². The van der Waals surface area contributed by atoms with Gasteiger partial charge in [-0.25, -0.2) is 13.1 Å². The lowest BCUT2D eigenvalue weighted by Crippen LogP contribution is -2.31. The first-order valence-electron chi connectivity index (χ1n) is 6.07. The summed E-state index contributed by atoms with van der Waals surface area (Å²) < 4.78 is 24.0. The first kappa shape index (κ1) is 16.9. The first-order chi connectivity index (χ1) is 9.37. The number of anilines is 1. The molecule has 0 saturated carbocycles. The number of carbonyl (C=O) groups is 1. The second-order valence-electron chi connectivity index (χ2n) is 4.25. The second kappa shape index (κ2) is 8.21. The van der Waals surface area contributed by atoms with E-state index in [0.29, 0.717) is 30.2 Å². The summed E-state index contributed by atoms with van der Waals surface area (Å²) in [5, 5.41) is 6.25. The zero-order valence-corrected chi connectivity index (χ0v) is 12.7. The summed E-state index contributed by atoms with van der Waals surface area (Å²) in [4.78, 5) is 11.6. The molecule has 1 amide bonds. The molecule has 20 heavy (non-hydrogen) atoms. The molecule has 0 aliphatic heterocycles. The first-order valence-corrected chi connectivity index (χ1v) is 8.34. The maximum absolute atomic E-state index is 11.6. The quantitative estimate of drug-likeness (QED) is 0.619. The van der Waals surface area contributed by atoms with Crippen LogP contribution in [0, 0.1) is 0 Å². The van der Waals surface area contributed by atoms with Gasteiger partial charge in [0.2, 0.25) is 15.9 Å². The van der Waals surface area contributed by atoms with Crippen molar-refractivity contribution in [1.82, 2.24) is 10.0 Å². The maximum atomic E-state index is 11.6. The van der Waals surface area contributed by atoms with Gasteiger partial charge in [0.25, 0.3) is 0 Å². The van der Waals surface area contributed by atoms with Gasteiger partial charge in [0, 0.05) is 17.3 Å². The van der Waals surface area contributed by atoms with Gasteiger partial charge in [-0.05, 0) is 37.2 Å². The van der Waals surface area contributed by atoms with E-state index in [-0.39, 0.29) is 12.5 Å². The number of hydrogen-bond donors (Lipinski definition) is 3. The van der Waals surface area contributed by atoms with Crippen molar-refractivity contribution in [3.63, 3.8) is 0 Å². The topological polar surface area (TPSA) is 87.3 Å². The Kier molecular flexibility index (Phi) is 6.94. The molecule has 0 aliphatic carbocycles. The van der Waals surface area contributed by atoms with E-state index < -0.39 is 10.0 Å². The lowest BCUT2D eigenvalue weighted by atomic mass is 10.3. The molecular formula is C12H18ClN3O3S. The van der Waals surface area contributed by atoms with Crippen LogP contribution in [0.25, 0.3) is 0 Å². The van der Waals surface area contributed by atoms with E-state index in [1.807, 2.05) is 0 Å². The number of carbonyl (C=O) groups excluding carboxylic acids is 1. The van der Waals surface area contributed by atoms with Crippen molar-refractivity contribution in [2.24, 2.45) is 0 Å². The fourth-order valence-electron chi connectivity index (χ4n) is 1.41. The monoisotopic (exact) mass is 319 g/mol. The summed E-state index contributed by atoms with van der Waals surface area (Å²) in [6, 6.07) is 6.83. The van der Waals surface area contributed by atoms with E-state index in [4.69, 9.17) is 11.6 Å². The summed E-state index contributed by atoms with van der Waals surface area (Å²) in [5.41, 5.74) is 0.681. The molecule has 1 rings (SSSR count). The molecule has 0 saturated heterocycles. The number of benzene rings is 1. The van der Waals surface area contributed by atoms with Crippen molar-refractivity contribution in [2.45, 2.75) is 6.42 Å². The molecule has 0 heterocycles. The van der Waals surface area contributed by atoms with Gasteiger partial charge in [-0.15, -0.1) is 0 Å². The Labute approximate surface area is 123 Å². The van der Waals surface area contributed by atoms with E-state index >= 15 is 0 Å². The Morgan fingerprint density at radius 2 is 1.85 bits per heavy atom. The molecule has 0 radical (unpaired) electrons. The average Bonchev–Trinajstić information content (AvgIpc) is 2.35. The van der Waals surface area contributed by atoms with E-state index in [2.05, 4.69) is 15.4 Å². The lowest BCUT2D eigenvalue weighted by Gasteiger charge is -2.07. The van der Waals surface area contributed by atoms with Gasteiger partial charge >= 0.3 is 0 Å². The van der Waals surface area contributed by atoms with Gasteiger partial charge in [0.05, 0.1) is 12.8 Å². The van der Waals surface area contributed by atoms with Crippen LogP contribution in [0.1, 0.15) is 6.42 Å². The third-order valence-corrected chi connectivity index (χ3v) is 3.29. The zero-order valence-electron chi connectivity index (χ0n) is 11.1. The van der Waals surface area contributed by atoms with Crippen LogP contribution in [0.4, 0.5) is 5.69 Å². The summed E-state index contributed by atoms with van der Waals surface area (Å²) in [7, 11) is -3.14. The highest BCUT2D eigenvalue weighted by Gasteiger charge is 2.02. The Morgan fingerprint density at radius 3 is 2.45 bits per heavy atom. The molecular weight excluding hydrogens is 302 g/mol. The third-order valence-electron chi connectivity index (χ3n) is 2.31. The minimum atomic E-state index is -3.14. The highest BCUT2D eigenvalue weighted by molar-refractivity contribution is 7.88. The number of sulfonamides is 1. The standard InChI is InChI=1S/C12H18ClN3O3S/c1-20(18,19)15-8-2-7-14-9-12(17)16-11-5-3-10(13)4-6-11/h3-6,14-15H,2,7-9H2,1H3,(H,16,17). The fourth-order valence-corrected chi connectivity index (χ4v) is 2.05. The van der Waals surface area contributed by atoms with Gasteiger partial charge in [-0.3, -0.25) is 4.79 Å².